The van der Waals surface area contributed by atoms with Gasteiger partial charge in [-0.25, -0.2) is 24.1 Å². The lowest BCUT2D eigenvalue weighted by molar-refractivity contribution is -0.144. The molecule has 10 rings (SSSR count). The van der Waals surface area contributed by atoms with Crippen LogP contribution in [0.2, 0.25) is 0 Å². The Morgan fingerprint density at radius 1 is 0.849 bits per heavy atom. The number of nitrogens with zero attached hydrogens (tertiary/aromatic N) is 7. The summed E-state index contributed by atoms with van der Waals surface area (Å²) in [7, 11) is 0. The zero-order valence-corrected chi connectivity index (χ0v) is 55.8. The van der Waals surface area contributed by atoms with Crippen molar-refractivity contribution in [2.45, 2.75) is 142 Å². The molecular weight excluding hydrogens is 1240 g/mol. The number of halogens is 1. The number of benzene rings is 4. The van der Waals surface area contributed by atoms with E-state index < -0.39 is 41.3 Å². The molecule has 93 heavy (non-hydrogen) atoms. The Balaban J connectivity index is 0.584. The van der Waals surface area contributed by atoms with Crippen LogP contribution >= 0.6 is 34.0 Å². The molecule has 4 atom stereocenters. The number of rotatable bonds is 25. The number of ether oxygens (including phenoxy) is 1. The average Bonchev–Trinajstić information content (AvgIpc) is 1.83. The van der Waals surface area contributed by atoms with Gasteiger partial charge in [0, 0.05) is 81.1 Å². The second-order valence-electron chi connectivity index (χ2n) is 25.2. The van der Waals surface area contributed by atoms with Gasteiger partial charge in [-0.15, -0.1) is 22.7 Å². The summed E-state index contributed by atoms with van der Waals surface area (Å²) in [6.07, 6.45) is 6.41. The Labute approximate surface area is 554 Å². The molecule has 490 valence electrons. The largest absolute Gasteiger partial charge is 0.491 e. The molecule has 5 N–H and O–H groups in total. The molecule has 2 saturated heterocycles. The molecule has 2 fully saturated rings. The molecule has 7 aromatic rings. The molecule has 0 saturated carbocycles. The molecule has 0 aliphatic carbocycles. The summed E-state index contributed by atoms with van der Waals surface area (Å²) in [5.41, 5.74) is 7.81. The number of aryl methyl sites for hydroxylation is 2. The summed E-state index contributed by atoms with van der Waals surface area (Å²) < 4.78 is 22.1. The fraction of sp³-hybridized carbons (Fsp3) is 0.443. The number of hydrogen-bond acceptors (Lipinski definition) is 16. The van der Waals surface area contributed by atoms with E-state index in [1.165, 1.54) is 33.6 Å². The first-order chi connectivity index (χ1) is 44.8. The third kappa shape index (κ3) is 17.6. The van der Waals surface area contributed by atoms with Crippen LogP contribution in [0.4, 0.5) is 14.7 Å². The van der Waals surface area contributed by atoms with E-state index in [1.807, 2.05) is 111 Å². The molecule has 0 radical (unpaired) electrons. The van der Waals surface area contributed by atoms with Gasteiger partial charge in [-0.05, 0) is 110 Å². The van der Waals surface area contributed by atoms with Crippen LogP contribution in [0.3, 0.4) is 0 Å². The minimum absolute atomic E-state index is 0.000848. The summed E-state index contributed by atoms with van der Waals surface area (Å²) in [4.78, 5) is 103. The van der Waals surface area contributed by atoms with Gasteiger partial charge in [0.1, 0.15) is 12.1 Å². The number of aliphatic hydroxyl groups is 1. The first-order valence-corrected chi connectivity index (χ1v) is 34.5. The molecule has 6 heterocycles. The van der Waals surface area contributed by atoms with Crippen LogP contribution in [0.15, 0.2) is 90.4 Å². The van der Waals surface area contributed by atoms with Gasteiger partial charge in [-0.1, -0.05) is 118 Å². The maximum absolute atomic E-state index is 15.3. The van der Waals surface area contributed by atoms with Gasteiger partial charge in [0.2, 0.25) is 23.6 Å². The lowest BCUT2D eigenvalue weighted by Crippen LogP contribution is -2.57. The Morgan fingerprint density at radius 2 is 1.60 bits per heavy atom. The van der Waals surface area contributed by atoms with E-state index in [0.717, 1.165) is 75.1 Å². The highest BCUT2D eigenvalue weighted by molar-refractivity contribution is 7.22. The zero-order valence-electron chi connectivity index (χ0n) is 53.3. The van der Waals surface area contributed by atoms with Crippen molar-refractivity contribution in [3.05, 3.63) is 140 Å². The summed E-state index contributed by atoms with van der Waals surface area (Å²) in [6.45, 7) is 13.7. The summed E-state index contributed by atoms with van der Waals surface area (Å²) in [6, 6.07) is 23.8. The van der Waals surface area contributed by atoms with Crippen molar-refractivity contribution in [1.82, 2.24) is 40.3 Å². The summed E-state index contributed by atoms with van der Waals surface area (Å²) in [5, 5.41) is 30.9. The third-order valence-corrected chi connectivity index (χ3v) is 20.4. The third-order valence-electron chi connectivity index (χ3n) is 17.3. The number of likely N-dealkylation sites (tertiary alicyclic amines) is 1. The predicted octanol–water partition coefficient (Wildman–Crippen LogP) is 10.8. The smallest absolute Gasteiger partial charge is 0.355 e. The zero-order chi connectivity index (χ0) is 65.8. The van der Waals surface area contributed by atoms with E-state index in [1.54, 1.807) is 29.5 Å². The Kier molecular flexibility index (Phi) is 22.7. The normalized spacial score (nSPS) is 16.5. The van der Waals surface area contributed by atoms with Gasteiger partial charge < -0.3 is 40.3 Å². The maximum Gasteiger partial charge on any atom is 0.355 e. The van der Waals surface area contributed by atoms with Crippen molar-refractivity contribution in [1.29, 1.82) is 0 Å². The number of piperazine rings is 1. The lowest BCUT2D eigenvalue weighted by Gasteiger charge is -2.35. The van der Waals surface area contributed by atoms with Crippen molar-refractivity contribution in [2.75, 3.05) is 62.6 Å². The number of unbranched alkanes of at least 4 members (excludes halogenated alkanes) is 5. The molecule has 19 nitrogen and oxygen atoms in total. The lowest BCUT2D eigenvalue weighted by atomic mass is 9.85. The number of nitrogens with one attached hydrogen (secondary N) is 3. The number of β-amino-alcohol motifs (C(OH)–C–C–N with tert-alkyl or cyclic N) is 1. The summed E-state index contributed by atoms with van der Waals surface area (Å²) >= 11 is 4.29. The van der Waals surface area contributed by atoms with E-state index in [-0.39, 0.29) is 67.1 Å². The van der Waals surface area contributed by atoms with Gasteiger partial charge in [0.15, 0.2) is 27.5 Å². The number of thiazole rings is 3. The topological polar surface area (TPSA) is 240 Å². The van der Waals surface area contributed by atoms with Crippen molar-refractivity contribution in [3.63, 3.8) is 0 Å². The van der Waals surface area contributed by atoms with Crippen LogP contribution in [-0.4, -0.2) is 146 Å². The van der Waals surface area contributed by atoms with Crippen LogP contribution in [0.1, 0.15) is 152 Å². The highest BCUT2D eigenvalue weighted by Crippen LogP contribution is 2.35. The maximum atomic E-state index is 15.3. The fourth-order valence-electron chi connectivity index (χ4n) is 12.1. The quantitative estimate of drug-likeness (QED) is 0.0264. The van der Waals surface area contributed by atoms with E-state index in [9.17, 15) is 39.0 Å². The molecule has 4 aromatic carbocycles. The van der Waals surface area contributed by atoms with Gasteiger partial charge in [-0.2, -0.15) is 0 Å². The summed E-state index contributed by atoms with van der Waals surface area (Å²) in [5.74, 6) is 3.48. The van der Waals surface area contributed by atoms with Gasteiger partial charge in [0.25, 0.3) is 5.91 Å². The number of fused-ring (bicyclic) bond motifs is 2. The van der Waals surface area contributed by atoms with E-state index >= 15 is 4.39 Å². The monoisotopic (exact) mass is 1320 g/mol. The van der Waals surface area contributed by atoms with Crippen LogP contribution in [0.5, 0.6) is 5.75 Å². The first-order valence-electron chi connectivity index (χ1n) is 32.0. The number of aromatic nitrogens is 3. The number of anilines is 2. The molecule has 0 bridgehead atoms. The molecule has 3 aliphatic rings. The second-order valence-corrected chi connectivity index (χ2v) is 28.1. The SMILES string of the molecule is Cc1ncsc1-c1ccc([C@H](C)NC(=O)[C@@H]2C[C@@H](O)CN2C(=O)[C@@H](NC(=O)CCCCCCCCC(=O)N2CCN(CC#Cc3ccc(OCCCc4sc(N5CCc6cccc(C(=O)Nc7nc8ccccc8s7)c6C5)nc4C(=O)O)c(F)c3)CC2)C(C)(C)C)cc1. The van der Waals surface area contributed by atoms with Crippen LogP contribution in [-0.2, 0) is 38.6 Å². The molecule has 0 spiro atoms. The second kappa shape index (κ2) is 31.2. The van der Waals surface area contributed by atoms with Crippen LogP contribution in [0.25, 0.3) is 20.7 Å². The van der Waals surface area contributed by atoms with Crippen molar-refractivity contribution >= 4 is 90.0 Å². The highest BCUT2D eigenvalue weighted by atomic mass is 32.1. The Morgan fingerprint density at radius 3 is 2.32 bits per heavy atom. The predicted molar refractivity (Wildman–Crippen MR) is 361 cm³/mol. The first kappa shape index (κ1) is 67.7. The van der Waals surface area contributed by atoms with Crippen LogP contribution < -0.4 is 25.6 Å². The number of hydrogen-bond donors (Lipinski definition) is 5. The van der Waals surface area contributed by atoms with Crippen molar-refractivity contribution < 1.29 is 48.1 Å². The molecule has 23 heteroatoms. The van der Waals surface area contributed by atoms with Gasteiger partial charge >= 0.3 is 5.97 Å². The minimum Gasteiger partial charge on any atom is -0.491 e. The highest BCUT2D eigenvalue weighted by Gasteiger charge is 2.45. The number of para-hydroxylation sites is 1. The number of carbonyl (C=O) groups excluding carboxylic acids is 5. The average molecular weight is 1320 g/mol. The number of carboxylic acid groups (broad SMARTS) is 1. The van der Waals surface area contributed by atoms with Gasteiger partial charge in [0.05, 0.1) is 51.6 Å². The van der Waals surface area contributed by atoms with Gasteiger partial charge in [-0.3, -0.25) is 34.2 Å². The van der Waals surface area contributed by atoms with E-state index in [0.29, 0.717) is 104 Å². The standard InChI is InChI=1S/C70H81FN10O9S3/c1-44(47-26-28-49(29-27-47)62-45(2)72-43-91-62)73-65(86)55-40-50(82)41-81(55)66(87)63(70(3,4)5)75-59(83)23-10-8-6-7-9-11-24-60(84)79-36-34-78(35-37-79)32-15-17-46-25-30-56(53(71)39-46)90-38-16-22-58-61(67(88)89)76-69(93-58)80-33-31-48-18-14-19-51(52(48)42-80)64(85)77-68-74-54-20-12-13-21-57(54)92-68/h12-14,18-21,25-30,39,43-44,50,55,63,82H,6-11,16,22-24,31-38,40-42H2,1-5H3,(H,73,86)(H,75,83)(H,88,89)(H,74,77,85)/t44-,50+,55-,63+/m0/s1. The number of aromatic carboxylic acids is 1. The van der Waals surface area contributed by atoms with Crippen molar-refractivity contribution in [3.8, 4) is 28.0 Å². The number of amides is 5. The van der Waals surface area contributed by atoms with Crippen LogP contribution in [0, 0.1) is 30.0 Å². The van der Waals surface area contributed by atoms with Crippen molar-refractivity contribution in [2.24, 2.45) is 5.41 Å². The Hall–Kier alpha value is -8.14. The number of carboxylic acids is 1. The molecule has 0 unspecified atom stereocenters. The minimum atomic E-state index is -1.13. The fourth-order valence-corrected chi connectivity index (χ4v) is 14.8. The molecule has 3 aromatic heterocycles. The molecular formula is C70H81FN10O9S3. The van der Waals surface area contributed by atoms with E-state index in [2.05, 4.69) is 47.6 Å². The molecule has 5 amide bonds. The molecule has 3 aliphatic heterocycles. The van der Waals surface area contributed by atoms with E-state index in [4.69, 9.17) is 4.74 Å². The number of carbonyl (C=O) groups is 6. The Bertz CT molecular complexity index is 3850. The number of aliphatic hydroxyl groups excluding tert-OH is 1.